The number of carbonyl (C=O) groups is 2. The lowest BCUT2D eigenvalue weighted by atomic mass is 9.95. The molecule has 3 heterocycles. The van der Waals surface area contributed by atoms with Gasteiger partial charge in [-0.05, 0) is 57.5 Å². The maximum Gasteiger partial charge on any atom is 0.226 e. The van der Waals surface area contributed by atoms with Crippen LogP contribution in [0.1, 0.15) is 44.1 Å². The Kier molecular flexibility index (Phi) is 8.22. The van der Waals surface area contributed by atoms with Crippen molar-refractivity contribution in [3.05, 3.63) is 30.1 Å². The number of aromatic nitrogens is 1. The summed E-state index contributed by atoms with van der Waals surface area (Å²) >= 11 is 0. The molecule has 0 aromatic carbocycles. The van der Waals surface area contributed by atoms with Crippen LogP contribution in [0.3, 0.4) is 0 Å². The first kappa shape index (κ1) is 22.7. The zero-order valence-corrected chi connectivity index (χ0v) is 18.7. The van der Waals surface area contributed by atoms with Crippen LogP contribution in [0.5, 0.6) is 0 Å². The monoisotopic (exact) mass is 415 g/mol. The van der Waals surface area contributed by atoms with Gasteiger partial charge in [-0.1, -0.05) is 12.5 Å². The van der Waals surface area contributed by atoms with Crippen LogP contribution in [0.25, 0.3) is 0 Å². The molecule has 2 saturated heterocycles. The van der Waals surface area contributed by atoms with E-state index >= 15 is 0 Å². The normalized spacial score (nSPS) is 24.8. The molecule has 0 radical (unpaired) electrons. The lowest BCUT2D eigenvalue weighted by Gasteiger charge is -2.34. The fourth-order valence-corrected chi connectivity index (χ4v) is 4.61. The minimum Gasteiger partial charge on any atom is -0.344 e. The van der Waals surface area contributed by atoms with Gasteiger partial charge in [-0.2, -0.15) is 0 Å². The Morgan fingerprint density at radius 3 is 2.67 bits per heavy atom. The first-order chi connectivity index (χ1) is 14.4. The van der Waals surface area contributed by atoms with E-state index < -0.39 is 0 Å². The van der Waals surface area contributed by atoms with Gasteiger partial charge < -0.3 is 20.0 Å². The van der Waals surface area contributed by atoms with Gasteiger partial charge in [-0.25, -0.2) is 0 Å². The molecular formula is C23H37N5O2. The Bertz CT molecular complexity index is 690. The molecule has 2 aliphatic heterocycles. The second kappa shape index (κ2) is 10.9. The molecule has 0 unspecified atom stereocenters. The van der Waals surface area contributed by atoms with Gasteiger partial charge in [-0.3, -0.25) is 14.6 Å². The number of rotatable bonds is 5. The van der Waals surface area contributed by atoms with Crippen molar-refractivity contribution in [2.45, 2.75) is 57.2 Å². The number of hydrogen-bond donors (Lipinski definition) is 1. The first-order valence-corrected chi connectivity index (χ1v) is 11.2. The van der Waals surface area contributed by atoms with Crippen LogP contribution in [0.2, 0.25) is 0 Å². The molecule has 0 saturated carbocycles. The molecule has 7 nitrogen and oxygen atoms in total. The van der Waals surface area contributed by atoms with Gasteiger partial charge in [0.15, 0.2) is 0 Å². The van der Waals surface area contributed by atoms with Gasteiger partial charge in [0, 0.05) is 64.0 Å². The van der Waals surface area contributed by atoms with Gasteiger partial charge in [0.05, 0.1) is 0 Å². The number of piperidine rings is 1. The third-order valence-corrected chi connectivity index (χ3v) is 6.50. The maximum atomic E-state index is 13.1. The number of amides is 2. The zero-order valence-electron chi connectivity index (χ0n) is 18.7. The summed E-state index contributed by atoms with van der Waals surface area (Å²) in [5.41, 5.74) is 1.00. The number of pyridine rings is 1. The van der Waals surface area contributed by atoms with Crippen LogP contribution in [0.15, 0.2) is 24.5 Å². The molecular weight excluding hydrogens is 378 g/mol. The van der Waals surface area contributed by atoms with E-state index in [1.54, 1.807) is 17.3 Å². The predicted octanol–water partition coefficient (Wildman–Crippen LogP) is 1.74. The molecule has 2 aliphatic rings. The Labute approximate surface area is 180 Å². The van der Waals surface area contributed by atoms with Crippen molar-refractivity contribution >= 4 is 11.8 Å². The van der Waals surface area contributed by atoms with Crippen molar-refractivity contribution in [1.82, 2.24) is 25.0 Å². The average molecular weight is 416 g/mol. The van der Waals surface area contributed by atoms with Crippen LogP contribution in [0.4, 0.5) is 0 Å². The van der Waals surface area contributed by atoms with E-state index in [-0.39, 0.29) is 17.7 Å². The number of likely N-dealkylation sites (tertiary alicyclic amines) is 1. The Morgan fingerprint density at radius 1 is 1.20 bits per heavy atom. The molecule has 1 aromatic heterocycles. The van der Waals surface area contributed by atoms with Crippen molar-refractivity contribution in [3.8, 4) is 0 Å². The maximum absolute atomic E-state index is 13.1. The highest BCUT2D eigenvalue weighted by molar-refractivity contribution is 5.85. The average Bonchev–Trinajstić information content (AvgIpc) is 2.80. The summed E-state index contributed by atoms with van der Waals surface area (Å²) in [6.07, 6.45) is 8.85. The highest BCUT2D eigenvalue weighted by Crippen LogP contribution is 2.22. The highest BCUT2D eigenvalue weighted by Gasteiger charge is 2.30. The Hall–Kier alpha value is -1.99. The van der Waals surface area contributed by atoms with Crippen molar-refractivity contribution in [2.24, 2.45) is 5.92 Å². The number of carbonyl (C=O) groups excluding carboxylic acids is 2. The van der Waals surface area contributed by atoms with E-state index in [4.69, 9.17) is 0 Å². The fourth-order valence-electron chi connectivity index (χ4n) is 4.61. The number of likely N-dealkylation sites (N-methyl/N-ethyl adjacent to an activating group) is 1. The molecule has 30 heavy (non-hydrogen) atoms. The predicted molar refractivity (Wildman–Crippen MR) is 118 cm³/mol. The van der Waals surface area contributed by atoms with Crippen LogP contribution >= 0.6 is 0 Å². The molecule has 0 spiro atoms. The summed E-state index contributed by atoms with van der Waals surface area (Å²) < 4.78 is 0. The molecule has 0 bridgehead atoms. The first-order valence-electron chi connectivity index (χ1n) is 11.2. The summed E-state index contributed by atoms with van der Waals surface area (Å²) in [6, 6.07) is 4.68. The largest absolute Gasteiger partial charge is 0.344 e. The van der Waals surface area contributed by atoms with Gasteiger partial charge in [-0.15, -0.1) is 0 Å². The number of nitrogens with zero attached hydrogens (tertiary/aromatic N) is 4. The lowest BCUT2D eigenvalue weighted by molar-refractivity contribution is -0.140. The van der Waals surface area contributed by atoms with Crippen LogP contribution in [-0.4, -0.2) is 84.4 Å². The van der Waals surface area contributed by atoms with E-state index in [9.17, 15) is 9.59 Å². The second-order valence-electron chi connectivity index (χ2n) is 9.10. The quantitative estimate of drug-likeness (QED) is 0.793. The molecule has 1 aromatic rings. The SMILES string of the molecule is CN1CCC(N[C@@H]2CCC[C@@H](C(=O)N(C)Cc3cccnc3)CC(=O)N(C)C2)CC1. The van der Waals surface area contributed by atoms with Crippen molar-refractivity contribution in [3.63, 3.8) is 0 Å². The van der Waals surface area contributed by atoms with Crippen molar-refractivity contribution in [1.29, 1.82) is 0 Å². The molecule has 2 atom stereocenters. The third-order valence-electron chi connectivity index (χ3n) is 6.50. The van der Waals surface area contributed by atoms with Crippen molar-refractivity contribution in [2.75, 3.05) is 40.8 Å². The number of nitrogens with one attached hydrogen (secondary N) is 1. The minimum absolute atomic E-state index is 0.0577. The summed E-state index contributed by atoms with van der Waals surface area (Å²) in [5, 5.41) is 3.80. The van der Waals surface area contributed by atoms with E-state index in [1.165, 1.54) is 0 Å². The Balaban J connectivity index is 1.57. The van der Waals surface area contributed by atoms with Crippen LogP contribution in [-0.2, 0) is 16.1 Å². The van der Waals surface area contributed by atoms with Gasteiger partial charge >= 0.3 is 0 Å². The van der Waals surface area contributed by atoms with Crippen molar-refractivity contribution < 1.29 is 9.59 Å². The fraction of sp³-hybridized carbons (Fsp3) is 0.696. The molecule has 166 valence electrons. The van der Waals surface area contributed by atoms with Crippen LogP contribution < -0.4 is 5.32 Å². The van der Waals surface area contributed by atoms with E-state index in [0.29, 0.717) is 25.0 Å². The highest BCUT2D eigenvalue weighted by atomic mass is 16.2. The van der Waals surface area contributed by atoms with E-state index in [2.05, 4.69) is 22.2 Å². The molecule has 1 N–H and O–H groups in total. The summed E-state index contributed by atoms with van der Waals surface area (Å²) in [5.74, 6) is -0.119. The minimum atomic E-state index is -0.247. The topological polar surface area (TPSA) is 68.8 Å². The molecule has 7 heteroatoms. The standard InChI is InChI=1S/C23H37N5O2/c1-26-12-9-20(10-13-26)25-21-8-4-7-19(14-22(29)27(2)17-21)23(30)28(3)16-18-6-5-11-24-15-18/h5-6,11,15,19-21,25H,4,7-10,12-14,16-17H2,1-3H3/t19-,21-/m1/s1. The van der Waals surface area contributed by atoms with Gasteiger partial charge in [0.25, 0.3) is 0 Å². The van der Waals surface area contributed by atoms with E-state index in [1.807, 2.05) is 31.1 Å². The smallest absolute Gasteiger partial charge is 0.226 e. The Morgan fingerprint density at radius 2 is 1.97 bits per heavy atom. The molecule has 3 rings (SSSR count). The van der Waals surface area contributed by atoms with Gasteiger partial charge in [0.1, 0.15) is 0 Å². The second-order valence-corrected chi connectivity index (χ2v) is 9.10. The lowest BCUT2D eigenvalue weighted by Crippen LogP contribution is -2.49. The zero-order chi connectivity index (χ0) is 21.5. The molecule has 2 amide bonds. The summed E-state index contributed by atoms with van der Waals surface area (Å²) in [4.78, 5) is 35.9. The summed E-state index contributed by atoms with van der Waals surface area (Å²) in [6.45, 7) is 3.49. The van der Waals surface area contributed by atoms with E-state index in [0.717, 1.165) is 57.3 Å². The molecule has 0 aliphatic carbocycles. The van der Waals surface area contributed by atoms with Gasteiger partial charge in [0.2, 0.25) is 11.8 Å². The number of hydrogen-bond acceptors (Lipinski definition) is 5. The van der Waals surface area contributed by atoms with Crippen LogP contribution in [0, 0.1) is 5.92 Å². The third kappa shape index (κ3) is 6.51. The summed E-state index contributed by atoms with van der Waals surface area (Å²) in [7, 11) is 5.86. The molecule has 2 fully saturated rings.